The van der Waals surface area contributed by atoms with Gasteiger partial charge >= 0.3 is 0 Å². The Hall–Kier alpha value is -0.560. The Morgan fingerprint density at radius 2 is 1.26 bits per heavy atom. The van der Waals surface area contributed by atoms with E-state index in [1.165, 1.54) is 251 Å². The van der Waals surface area contributed by atoms with Crippen LogP contribution in [0, 0.1) is 58.2 Å². The highest BCUT2D eigenvalue weighted by molar-refractivity contribution is 5.25. The van der Waals surface area contributed by atoms with Crippen molar-refractivity contribution in [3.8, 4) is 0 Å². The molecular weight excluding hydrogens is 747 g/mol. The van der Waals surface area contributed by atoms with Crippen molar-refractivity contribution in [2.24, 2.45) is 58.2 Å². The van der Waals surface area contributed by atoms with Crippen LogP contribution in [-0.2, 0) is 0 Å². The fourth-order valence-corrected chi connectivity index (χ4v) is 15.1. The van der Waals surface area contributed by atoms with Gasteiger partial charge in [0.15, 0.2) is 0 Å². The molecule has 9 atom stereocenters. The van der Waals surface area contributed by atoms with Gasteiger partial charge < -0.3 is 4.90 Å². The summed E-state index contributed by atoms with van der Waals surface area (Å²) in [5, 5.41) is 0. The summed E-state index contributed by atoms with van der Waals surface area (Å²) in [7, 11) is 0. The summed E-state index contributed by atoms with van der Waals surface area (Å²) in [5.41, 5.74) is 3.11. The maximum Gasteiger partial charge on any atom is 0.000977 e. The Balaban J connectivity index is 0.909. The maximum absolute atomic E-state index is 2.87. The maximum atomic E-state index is 2.87. The second kappa shape index (κ2) is 29.3. The smallest absolute Gasteiger partial charge is 0.000977 e. The molecule has 62 heavy (non-hydrogen) atoms. The van der Waals surface area contributed by atoms with Gasteiger partial charge in [-0.3, -0.25) is 0 Å². The topological polar surface area (TPSA) is 3.24 Å². The van der Waals surface area contributed by atoms with Crippen LogP contribution < -0.4 is 0 Å². The number of hydrogen-bond donors (Lipinski definition) is 0. The fourth-order valence-electron chi connectivity index (χ4n) is 15.1. The van der Waals surface area contributed by atoms with Crippen LogP contribution in [0.25, 0.3) is 0 Å². The molecule has 0 bridgehead atoms. The second-order valence-corrected chi connectivity index (χ2v) is 24.5. The van der Waals surface area contributed by atoms with Gasteiger partial charge in [-0.05, 0) is 174 Å². The fraction of sp³-hybridized carbons (Fsp3) is 0.934. The lowest BCUT2D eigenvalue weighted by molar-refractivity contribution is -0.0458. The van der Waals surface area contributed by atoms with Crippen LogP contribution in [0.1, 0.15) is 286 Å². The van der Waals surface area contributed by atoms with Crippen molar-refractivity contribution in [3.05, 3.63) is 23.8 Å². The highest BCUT2D eigenvalue weighted by Crippen LogP contribution is 2.67. The van der Waals surface area contributed by atoms with Crippen LogP contribution in [0.15, 0.2) is 23.8 Å². The minimum Gasteiger partial charge on any atom is -0.303 e. The van der Waals surface area contributed by atoms with E-state index in [4.69, 9.17) is 0 Å². The van der Waals surface area contributed by atoms with Gasteiger partial charge in [0.25, 0.3) is 0 Å². The molecule has 0 aromatic rings. The molecule has 0 amide bonds. The van der Waals surface area contributed by atoms with Gasteiger partial charge in [0.05, 0.1) is 0 Å². The first-order valence-corrected chi connectivity index (χ1v) is 29.3. The lowest BCUT2D eigenvalue weighted by atomic mass is 9.46. The van der Waals surface area contributed by atoms with Gasteiger partial charge in [0, 0.05) is 13.1 Å². The minimum absolute atomic E-state index is 0.531. The normalized spacial score (nSPS) is 30.7. The van der Waals surface area contributed by atoms with Crippen molar-refractivity contribution < 1.29 is 0 Å². The van der Waals surface area contributed by atoms with Crippen LogP contribution in [-0.4, -0.2) is 24.5 Å². The number of likely N-dealkylation sites (tertiary alicyclic amines) is 1. The molecule has 4 fully saturated rings. The molecule has 9 unspecified atom stereocenters. The first-order valence-electron chi connectivity index (χ1n) is 29.3. The SMILES string of the molecule is CCCCCCCC/C=C\CCCCCCCCCCC(CCCCCCCC1CCC2(C)C(=CCC3C2CCC2(C)C(CCCCC(C)C)CCC32)C1)CN1CCCC(C)C1. The number of unbranched alkanes of at least 4 members (excludes halogenated alkanes) is 19. The molecule has 0 radical (unpaired) electrons. The van der Waals surface area contributed by atoms with Gasteiger partial charge in [-0.15, -0.1) is 0 Å². The summed E-state index contributed by atoms with van der Waals surface area (Å²) < 4.78 is 0. The Morgan fingerprint density at radius 1 is 0.645 bits per heavy atom. The lowest BCUT2D eigenvalue weighted by Gasteiger charge is -2.58. The molecule has 5 aliphatic rings. The standard InChI is InChI=1S/C61H111N/c1-7-8-9-10-11-12-13-14-15-16-17-18-19-20-21-22-24-28-36-54(50-62-47-32-34-52(4)49-62)37-29-26-23-25-27-35-53-43-45-61(6)56(48-53)39-41-57-58-42-40-55(38-31-30-33-51(2)3)60(58,5)46-44-59(57)61/h14-15,39,51-55,57-59H,7-13,16-38,40-50H2,1-6H3/b15-14-. The van der Waals surface area contributed by atoms with E-state index < -0.39 is 0 Å². The number of fused-ring (bicyclic) bond motifs is 5. The van der Waals surface area contributed by atoms with Crippen molar-refractivity contribution in [1.29, 1.82) is 0 Å². The Labute approximate surface area is 390 Å². The largest absolute Gasteiger partial charge is 0.303 e. The van der Waals surface area contributed by atoms with Gasteiger partial charge in [-0.1, -0.05) is 200 Å². The highest BCUT2D eigenvalue weighted by atomic mass is 15.1. The van der Waals surface area contributed by atoms with Gasteiger partial charge in [-0.25, -0.2) is 0 Å². The number of allylic oxidation sites excluding steroid dienone is 4. The third-order valence-corrected chi connectivity index (χ3v) is 19.1. The van der Waals surface area contributed by atoms with Crippen molar-refractivity contribution in [1.82, 2.24) is 4.90 Å². The Bertz CT molecular complexity index is 1210. The zero-order valence-electron chi connectivity index (χ0n) is 43.3. The minimum atomic E-state index is 0.531. The second-order valence-electron chi connectivity index (χ2n) is 24.5. The molecule has 3 saturated carbocycles. The molecule has 4 aliphatic carbocycles. The van der Waals surface area contributed by atoms with E-state index in [1.54, 1.807) is 12.8 Å². The molecular formula is C61H111N. The van der Waals surface area contributed by atoms with Crippen molar-refractivity contribution >= 4 is 0 Å². The van der Waals surface area contributed by atoms with Crippen molar-refractivity contribution in [2.45, 2.75) is 286 Å². The predicted molar refractivity (Wildman–Crippen MR) is 276 cm³/mol. The monoisotopic (exact) mass is 858 g/mol. The average Bonchev–Trinajstić information content (AvgIpc) is 3.60. The van der Waals surface area contributed by atoms with Crippen LogP contribution in [0.4, 0.5) is 0 Å². The zero-order valence-corrected chi connectivity index (χ0v) is 43.3. The van der Waals surface area contributed by atoms with Crippen molar-refractivity contribution in [3.63, 3.8) is 0 Å². The van der Waals surface area contributed by atoms with E-state index in [-0.39, 0.29) is 0 Å². The van der Waals surface area contributed by atoms with E-state index >= 15 is 0 Å². The molecule has 0 N–H and O–H groups in total. The van der Waals surface area contributed by atoms with Gasteiger partial charge in [0.2, 0.25) is 0 Å². The molecule has 5 rings (SSSR count). The molecule has 1 heterocycles. The predicted octanol–water partition coefficient (Wildman–Crippen LogP) is 19.7. The van der Waals surface area contributed by atoms with E-state index in [0.29, 0.717) is 10.8 Å². The molecule has 0 spiro atoms. The van der Waals surface area contributed by atoms with E-state index in [0.717, 1.165) is 47.3 Å². The van der Waals surface area contributed by atoms with E-state index in [1.807, 2.05) is 5.57 Å². The summed E-state index contributed by atoms with van der Waals surface area (Å²) in [6.45, 7) is 19.3. The number of nitrogens with zero attached hydrogens (tertiary/aromatic N) is 1. The first kappa shape index (κ1) is 52.4. The van der Waals surface area contributed by atoms with Crippen LogP contribution in [0.2, 0.25) is 0 Å². The highest BCUT2D eigenvalue weighted by Gasteiger charge is 2.58. The summed E-state index contributed by atoms with van der Waals surface area (Å²) in [6.07, 6.45) is 63.4. The number of rotatable bonds is 33. The number of hydrogen-bond acceptors (Lipinski definition) is 1. The van der Waals surface area contributed by atoms with Crippen LogP contribution >= 0.6 is 0 Å². The average molecular weight is 859 g/mol. The molecule has 1 aliphatic heterocycles. The molecule has 360 valence electrons. The molecule has 0 aromatic carbocycles. The summed E-state index contributed by atoms with van der Waals surface area (Å²) >= 11 is 0. The Kier molecular flexibility index (Phi) is 24.7. The Morgan fingerprint density at radius 3 is 1.92 bits per heavy atom. The molecule has 0 aromatic heterocycles. The van der Waals surface area contributed by atoms with Crippen molar-refractivity contribution in [2.75, 3.05) is 19.6 Å². The van der Waals surface area contributed by atoms with Crippen LogP contribution in [0.3, 0.4) is 0 Å². The quantitative estimate of drug-likeness (QED) is 0.0469. The molecule has 1 nitrogen and oxygen atoms in total. The van der Waals surface area contributed by atoms with Crippen LogP contribution in [0.5, 0.6) is 0 Å². The van der Waals surface area contributed by atoms with Gasteiger partial charge in [-0.2, -0.15) is 0 Å². The third kappa shape index (κ3) is 17.3. The number of piperidine rings is 1. The van der Waals surface area contributed by atoms with Gasteiger partial charge in [0.1, 0.15) is 0 Å². The van der Waals surface area contributed by atoms with E-state index in [2.05, 4.69) is 64.7 Å². The molecule has 1 heteroatoms. The summed E-state index contributed by atoms with van der Waals surface area (Å²) in [5.74, 6) is 7.71. The summed E-state index contributed by atoms with van der Waals surface area (Å²) in [4.78, 5) is 2.87. The summed E-state index contributed by atoms with van der Waals surface area (Å²) in [6, 6.07) is 0. The zero-order chi connectivity index (χ0) is 43.9. The first-order chi connectivity index (χ1) is 30.2. The third-order valence-electron chi connectivity index (χ3n) is 19.1. The lowest BCUT2D eigenvalue weighted by Crippen LogP contribution is -2.50. The van der Waals surface area contributed by atoms with E-state index in [9.17, 15) is 0 Å². The molecule has 1 saturated heterocycles.